The molecule has 1 aliphatic rings. The summed E-state index contributed by atoms with van der Waals surface area (Å²) < 4.78 is 5.54. The van der Waals surface area contributed by atoms with Crippen LogP contribution >= 0.6 is 23.2 Å². The third-order valence-corrected chi connectivity index (χ3v) is 4.29. The van der Waals surface area contributed by atoms with Crippen LogP contribution in [0.1, 0.15) is 28.4 Å². The number of carbonyl (C=O) groups is 1. The Balaban J connectivity index is 1.90. The van der Waals surface area contributed by atoms with Crippen molar-refractivity contribution in [3.8, 4) is 11.5 Å². The average Bonchev–Trinajstić information content (AvgIpc) is 2.95. The fraction of sp³-hybridized carbons (Fsp3) is 0.235. The molecule has 1 heterocycles. The van der Waals surface area contributed by atoms with Crippen molar-refractivity contribution in [2.24, 2.45) is 0 Å². The molecule has 0 unspecified atom stereocenters. The van der Waals surface area contributed by atoms with Crippen LogP contribution in [-0.4, -0.2) is 17.5 Å². The van der Waals surface area contributed by atoms with Crippen LogP contribution in [0.15, 0.2) is 24.3 Å². The first-order chi connectivity index (χ1) is 11.0. The summed E-state index contributed by atoms with van der Waals surface area (Å²) in [5, 5.41) is 13.8. The van der Waals surface area contributed by atoms with Crippen LogP contribution in [0.4, 0.5) is 5.69 Å². The molecule has 4 nitrogen and oxygen atoms in total. The van der Waals surface area contributed by atoms with Gasteiger partial charge in [0.25, 0.3) is 0 Å². The van der Waals surface area contributed by atoms with Gasteiger partial charge in [-0.3, -0.25) is 4.79 Å². The Labute approximate surface area is 144 Å². The number of ether oxygens (including phenoxy) is 1. The number of ketones is 1. The number of fused-ring (bicyclic) bond motifs is 1. The van der Waals surface area contributed by atoms with Gasteiger partial charge in [0, 0.05) is 40.9 Å². The van der Waals surface area contributed by atoms with Crippen LogP contribution in [0.3, 0.4) is 0 Å². The second-order valence-electron chi connectivity index (χ2n) is 5.41. The molecule has 3 rings (SSSR count). The van der Waals surface area contributed by atoms with E-state index in [1.165, 1.54) is 13.0 Å². The normalized spacial score (nSPS) is 12.7. The van der Waals surface area contributed by atoms with E-state index in [0.29, 0.717) is 28.4 Å². The van der Waals surface area contributed by atoms with Crippen molar-refractivity contribution in [3.05, 3.63) is 51.0 Å². The van der Waals surface area contributed by atoms with Crippen LogP contribution in [0.2, 0.25) is 10.0 Å². The first-order valence-corrected chi connectivity index (χ1v) is 7.92. The van der Waals surface area contributed by atoms with Crippen molar-refractivity contribution in [1.29, 1.82) is 0 Å². The molecule has 1 aliphatic heterocycles. The number of rotatable bonds is 4. The Morgan fingerprint density at radius 2 is 2.09 bits per heavy atom. The number of halogens is 2. The molecule has 2 aromatic carbocycles. The van der Waals surface area contributed by atoms with Gasteiger partial charge in [-0.25, -0.2) is 0 Å². The van der Waals surface area contributed by atoms with Gasteiger partial charge in [0.1, 0.15) is 11.5 Å². The molecule has 120 valence electrons. The SMILES string of the molecule is CC(=O)c1cc2c(cc1NCc1cc(Cl)cc(Cl)c1O)OCC2. The molecule has 2 N–H and O–H groups in total. The van der Waals surface area contributed by atoms with Gasteiger partial charge in [-0.05, 0) is 30.7 Å². The third kappa shape index (κ3) is 3.23. The predicted octanol–water partition coefficient (Wildman–Crippen LogP) is 4.45. The molecule has 0 amide bonds. The molecule has 0 spiro atoms. The second kappa shape index (κ2) is 6.30. The minimum atomic E-state index is -0.0319. The number of anilines is 1. The van der Waals surface area contributed by atoms with Gasteiger partial charge in [0.2, 0.25) is 0 Å². The Morgan fingerprint density at radius 1 is 1.30 bits per heavy atom. The molecule has 0 aliphatic carbocycles. The lowest BCUT2D eigenvalue weighted by atomic mass is 10.0. The maximum atomic E-state index is 11.9. The minimum absolute atomic E-state index is 0.0228. The molecule has 0 bridgehead atoms. The largest absolute Gasteiger partial charge is 0.506 e. The molecule has 0 radical (unpaired) electrons. The van der Waals surface area contributed by atoms with E-state index in [4.69, 9.17) is 27.9 Å². The van der Waals surface area contributed by atoms with E-state index in [1.807, 2.05) is 12.1 Å². The first-order valence-electron chi connectivity index (χ1n) is 7.17. The number of hydrogen-bond donors (Lipinski definition) is 2. The summed E-state index contributed by atoms with van der Waals surface area (Å²) in [5.74, 6) is 0.728. The Bertz CT molecular complexity index is 790. The topological polar surface area (TPSA) is 58.6 Å². The summed E-state index contributed by atoms with van der Waals surface area (Å²) in [6.07, 6.45) is 0.806. The molecule has 0 saturated carbocycles. The van der Waals surface area contributed by atoms with Crippen molar-refractivity contribution in [2.45, 2.75) is 19.9 Å². The standard InChI is InChI=1S/C17H15Cl2NO3/c1-9(21)13-5-10-2-3-23-16(10)7-15(13)20-8-11-4-12(18)6-14(19)17(11)22/h4-7,20,22H,2-3,8H2,1H3. The highest BCUT2D eigenvalue weighted by molar-refractivity contribution is 6.35. The van der Waals surface area contributed by atoms with Crippen LogP contribution in [0, 0.1) is 0 Å². The van der Waals surface area contributed by atoms with Gasteiger partial charge in [-0.2, -0.15) is 0 Å². The average molecular weight is 352 g/mol. The maximum Gasteiger partial charge on any atom is 0.161 e. The molecule has 6 heteroatoms. The van der Waals surface area contributed by atoms with Crippen LogP contribution in [0.25, 0.3) is 0 Å². The van der Waals surface area contributed by atoms with Gasteiger partial charge in [0.05, 0.1) is 11.6 Å². The van der Waals surface area contributed by atoms with E-state index in [-0.39, 0.29) is 23.1 Å². The van der Waals surface area contributed by atoms with E-state index in [1.54, 1.807) is 6.07 Å². The molecule has 0 saturated heterocycles. The number of benzene rings is 2. The summed E-state index contributed by atoms with van der Waals surface area (Å²) in [4.78, 5) is 11.9. The van der Waals surface area contributed by atoms with Crippen LogP contribution < -0.4 is 10.1 Å². The van der Waals surface area contributed by atoms with Crippen LogP contribution in [-0.2, 0) is 13.0 Å². The number of Topliss-reactive ketones (excluding diaryl/α,β-unsaturated/α-hetero) is 1. The van der Waals surface area contributed by atoms with Crippen molar-refractivity contribution in [2.75, 3.05) is 11.9 Å². The van der Waals surface area contributed by atoms with Gasteiger partial charge in [0.15, 0.2) is 5.78 Å². The Morgan fingerprint density at radius 3 is 2.83 bits per heavy atom. The molecule has 0 atom stereocenters. The summed E-state index contributed by atoms with van der Waals surface area (Å²) in [7, 11) is 0. The maximum absolute atomic E-state index is 11.9. The summed E-state index contributed by atoms with van der Waals surface area (Å²) in [5.41, 5.74) is 2.85. The monoisotopic (exact) mass is 351 g/mol. The second-order valence-corrected chi connectivity index (χ2v) is 6.25. The quantitative estimate of drug-likeness (QED) is 0.799. The minimum Gasteiger partial charge on any atom is -0.506 e. The molecular weight excluding hydrogens is 337 g/mol. The van der Waals surface area contributed by atoms with Crippen molar-refractivity contribution >= 4 is 34.7 Å². The summed E-state index contributed by atoms with van der Waals surface area (Å²) in [6, 6.07) is 6.79. The smallest absolute Gasteiger partial charge is 0.161 e. The van der Waals surface area contributed by atoms with Crippen molar-refractivity contribution in [1.82, 2.24) is 0 Å². The fourth-order valence-electron chi connectivity index (χ4n) is 2.61. The van der Waals surface area contributed by atoms with Crippen LogP contribution in [0.5, 0.6) is 11.5 Å². The van der Waals surface area contributed by atoms with Gasteiger partial charge in [-0.15, -0.1) is 0 Å². The lowest BCUT2D eigenvalue weighted by Gasteiger charge is -2.14. The predicted molar refractivity (Wildman–Crippen MR) is 91.1 cm³/mol. The molecule has 2 aromatic rings. The lowest BCUT2D eigenvalue weighted by Crippen LogP contribution is -2.06. The molecule has 0 aromatic heterocycles. The number of nitrogens with one attached hydrogen (secondary N) is 1. The van der Waals surface area contributed by atoms with Gasteiger partial charge >= 0.3 is 0 Å². The van der Waals surface area contributed by atoms with Gasteiger partial charge in [-0.1, -0.05) is 23.2 Å². The Kier molecular flexibility index (Phi) is 4.37. The first kappa shape index (κ1) is 16.0. The van der Waals surface area contributed by atoms with Gasteiger partial charge < -0.3 is 15.2 Å². The highest BCUT2D eigenvalue weighted by atomic mass is 35.5. The van der Waals surface area contributed by atoms with E-state index < -0.39 is 0 Å². The van der Waals surface area contributed by atoms with E-state index in [2.05, 4.69) is 5.32 Å². The summed E-state index contributed by atoms with van der Waals surface area (Å²) >= 11 is 11.9. The molecule has 0 fully saturated rings. The van der Waals surface area contributed by atoms with E-state index >= 15 is 0 Å². The van der Waals surface area contributed by atoms with E-state index in [0.717, 1.165) is 17.7 Å². The zero-order chi connectivity index (χ0) is 16.6. The van der Waals surface area contributed by atoms with Crippen molar-refractivity contribution in [3.63, 3.8) is 0 Å². The highest BCUT2D eigenvalue weighted by Gasteiger charge is 2.18. The number of phenols is 1. The zero-order valence-electron chi connectivity index (χ0n) is 12.5. The molecular formula is C17H15Cl2NO3. The summed E-state index contributed by atoms with van der Waals surface area (Å²) in [6.45, 7) is 2.43. The number of carbonyl (C=O) groups excluding carboxylic acids is 1. The molecule has 23 heavy (non-hydrogen) atoms. The van der Waals surface area contributed by atoms with Crippen molar-refractivity contribution < 1.29 is 14.6 Å². The number of hydrogen-bond acceptors (Lipinski definition) is 4. The lowest BCUT2D eigenvalue weighted by molar-refractivity contribution is 0.101. The number of phenolic OH excluding ortho intramolecular Hbond substituents is 1. The zero-order valence-corrected chi connectivity index (χ0v) is 14.0. The number of aromatic hydroxyl groups is 1. The Hall–Kier alpha value is -1.91. The van der Waals surface area contributed by atoms with E-state index in [9.17, 15) is 9.90 Å². The third-order valence-electron chi connectivity index (χ3n) is 3.79. The highest BCUT2D eigenvalue weighted by Crippen LogP contribution is 2.34. The fourth-order valence-corrected chi connectivity index (χ4v) is 3.14.